The smallest absolute Gasteiger partial charge is 0.259 e. The molecule has 1 aliphatic rings. The number of carbonyl (C=O) groups is 1. The molecule has 2 heterocycles. The van der Waals surface area contributed by atoms with Gasteiger partial charge in [-0.15, -0.1) is 0 Å². The molecule has 0 aliphatic carbocycles. The third-order valence-electron chi connectivity index (χ3n) is 4.24. The molecule has 1 N–H and O–H groups in total. The zero-order valence-corrected chi connectivity index (χ0v) is 13.4. The third-order valence-corrected chi connectivity index (χ3v) is 4.24. The van der Waals surface area contributed by atoms with Crippen LogP contribution in [0.4, 0.5) is 0 Å². The summed E-state index contributed by atoms with van der Waals surface area (Å²) < 4.78 is 5.77. The Morgan fingerprint density at radius 1 is 1.39 bits per heavy atom. The number of pyridine rings is 1. The molecule has 1 aromatic heterocycles. The Balaban J connectivity index is 1.82. The molecular formula is C18H22N2O3. The molecule has 1 aliphatic heterocycles. The van der Waals surface area contributed by atoms with Crippen molar-refractivity contribution in [3.63, 3.8) is 0 Å². The number of piperidine rings is 1. The van der Waals surface area contributed by atoms with Gasteiger partial charge >= 0.3 is 0 Å². The van der Waals surface area contributed by atoms with Crippen molar-refractivity contribution in [1.29, 1.82) is 0 Å². The van der Waals surface area contributed by atoms with Crippen LogP contribution in [0.25, 0.3) is 10.9 Å². The monoisotopic (exact) mass is 314 g/mol. The van der Waals surface area contributed by atoms with E-state index < -0.39 is 0 Å². The van der Waals surface area contributed by atoms with E-state index in [1.165, 1.54) is 6.20 Å². The van der Waals surface area contributed by atoms with Crippen LogP contribution < -0.4 is 5.43 Å². The molecule has 0 spiro atoms. The lowest BCUT2D eigenvalue weighted by molar-refractivity contribution is 0.00206. The van der Waals surface area contributed by atoms with E-state index in [0.29, 0.717) is 25.1 Å². The number of benzene rings is 1. The number of para-hydroxylation sites is 1. The number of aromatic amines is 1. The van der Waals surface area contributed by atoms with Gasteiger partial charge < -0.3 is 14.6 Å². The van der Waals surface area contributed by atoms with Crippen LogP contribution in [0.5, 0.6) is 0 Å². The van der Waals surface area contributed by atoms with Crippen molar-refractivity contribution in [2.45, 2.75) is 32.3 Å². The molecule has 1 atom stereocenters. The first-order valence-corrected chi connectivity index (χ1v) is 8.22. The molecule has 2 aromatic rings. The lowest BCUT2D eigenvalue weighted by atomic mass is 10.1. The fraction of sp³-hybridized carbons (Fsp3) is 0.444. The summed E-state index contributed by atoms with van der Waals surface area (Å²) in [4.78, 5) is 30.1. The second-order valence-corrected chi connectivity index (χ2v) is 5.96. The second-order valence-electron chi connectivity index (χ2n) is 5.96. The van der Waals surface area contributed by atoms with Gasteiger partial charge in [-0.05, 0) is 31.4 Å². The highest BCUT2D eigenvalue weighted by molar-refractivity contribution is 5.97. The van der Waals surface area contributed by atoms with E-state index in [-0.39, 0.29) is 23.0 Å². The third kappa shape index (κ3) is 3.29. The van der Waals surface area contributed by atoms with Crippen molar-refractivity contribution in [1.82, 2.24) is 9.88 Å². The zero-order chi connectivity index (χ0) is 16.2. The quantitative estimate of drug-likeness (QED) is 0.943. The number of H-pyrrole nitrogens is 1. The lowest BCUT2D eigenvalue weighted by Crippen LogP contribution is -2.44. The minimum atomic E-state index is -0.207. The number of aromatic nitrogens is 1. The number of fused-ring (bicyclic) bond motifs is 1. The van der Waals surface area contributed by atoms with Crippen molar-refractivity contribution < 1.29 is 9.53 Å². The highest BCUT2D eigenvalue weighted by Gasteiger charge is 2.26. The maximum Gasteiger partial charge on any atom is 0.259 e. The molecule has 1 amide bonds. The van der Waals surface area contributed by atoms with E-state index >= 15 is 0 Å². The summed E-state index contributed by atoms with van der Waals surface area (Å²) in [6.07, 6.45) is 4.45. The Hall–Kier alpha value is -2.14. The van der Waals surface area contributed by atoms with Crippen LogP contribution in [0.2, 0.25) is 0 Å². The number of amides is 1. The van der Waals surface area contributed by atoms with Crippen molar-refractivity contribution in [3.05, 3.63) is 46.2 Å². The number of ether oxygens (including phenoxy) is 1. The first-order valence-electron chi connectivity index (χ1n) is 8.22. The van der Waals surface area contributed by atoms with Gasteiger partial charge in [0.2, 0.25) is 5.43 Å². The summed E-state index contributed by atoms with van der Waals surface area (Å²) in [5.74, 6) is -0.207. The summed E-state index contributed by atoms with van der Waals surface area (Å²) in [5, 5.41) is 0.550. The largest absolute Gasteiger partial charge is 0.376 e. The van der Waals surface area contributed by atoms with Gasteiger partial charge in [-0.1, -0.05) is 19.1 Å². The van der Waals surface area contributed by atoms with Crippen LogP contribution in [-0.2, 0) is 4.74 Å². The van der Waals surface area contributed by atoms with Crippen LogP contribution in [0.3, 0.4) is 0 Å². The molecule has 0 radical (unpaired) electrons. The Labute approximate surface area is 135 Å². The Kier molecular flexibility index (Phi) is 4.76. The van der Waals surface area contributed by atoms with Gasteiger partial charge in [0, 0.05) is 36.8 Å². The molecule has 1 saturated heterocycles. The van der Waals surface area contributed by atoms with Gasteiger partial charge in [-0.3, -0.25) is 9.59 Å². The Morgan fingerprint density at radius 2 is 2.22 bits per heavy atom. The van der Waals surface area contributed by atoms with Gasteiger partial charge in [-0.25, -0.2) is 0 Å². The number of carbonyl (C=O) groups excluding carboxylic acids is 1. The van der Waals surface area contributed by atoms with E-state index in [4.69, 9.17) is 4.74 Å². The van der Waals surface area contributed by atoms with Crippen LogP contribution >= 0.6 is 0 Å². The van der Waals surface area contributed by atoms with E-state index in [2.05, 4.69) is 11.9 Å². The molecule has 5 nitrogen and oxygen atoms in total. The predicted molar refractivity (Wildman–Crippen MR) is 89.7 cm³/mol. The molecule has 122 valence electrons. The SMILES string of the molecule is CCCO[C@@H]1CCCN(C(=O)c2c[nH]c3ccccc3c2=O)C1. The molecule has 23 heavy (non-hydrogen) atoms. The van der Waals surface area contributed by atoms with E-state index in [1.54, 1.807) is 17.0 Å². The minimum absolute atomic E-state index is 0.0761. The van der Waals surface area contributed by atoms with Crippen LogP contribution in [0.1, 0.15) is 36.5 Å². The van der Waals surface area contributed by atoms with Gasteiger partial charge in [0.1, 0.15) is 5.56 Å². The standard InChI is InChI=1S/C18H22N2O3/c1-2-10-23-13-6-5-9-20(12-13)18(22)15-11-19-16-8-4-3-7-14(16)17(15)21/h3-4,7-8,11,13H,2,5-6,9-10,12H2,1H3,(H,19,21)/t13-/m1/s1. The van der Waals surface area contributed by atoms with Gasteiger partial charge in [0.05, 0.1) is 6.10 Å². The molecule has 0 bridgehead atoms. The van der Waals surface area contributed by atoms with Gasteiger partial charge in [0.25, 0.3) is 5.91 Å². The predicted octanol–water partition coefficient (Wildman–Crippen LogP) is 2.56. The summed E-state index contributed by atoms with van der Waals surface area (Å²) in [6.45, 7) is 4.02. The van der Waals surface area contributed by atoms with Crippen molar-refractivity contribution >= 4 is 16.8 Å². The molecule has 1 fully saturated rings. The summed E-state index contributed by atoms with van der Waals surface area (Å²) >= 11 is 0. The average Bonchev–Trinajstić information content (AvgIpc) is 2.60. The summed E-state index contributed by atoms with van der Waals surface area (Å²) in [5.41, 5.74) is 0.748. The molecule has 3 rings (SSSR count). The van der Waals surface area contributed by atoms with Crippen LogP contribution in [0, 0.1) is 0 Å². The molecule has 5 heteroatoms. The number of nitrogens with one attached hydrogen (secondary N) is 1. The zero-order valence-electron chi connectivity index (χ0n) is 13.4. The van der Waals surface area contributed by atoms with Gasteiger partial charge in [-0.2, -0.15) is 0 Å². The van der Waals surface area contributed by atoms with Crippen molar-refractivity contribution in [2.75, 3.05) is 19.7 Å². The maximum absolute atomic E-state index is 12.7. The molecule has 0 unspecified atom stereocenters. The Bertz CT molecular complexity index is 753. The van der Waals surface area contributed by atoms with Gasteiger partial charge in [0.15, 0.2) is 0 Å². The minimum Gasteiger partial charge on any atom is -0.376 e. The highest BCUT2D eigenvalue weighted by Crippen LogP contribution is 2.16. The van der Waals surface area contributed by atoms with Crippen molar-refractivity contribution in [2.24, 2.45) is 0 Å². The maximum atomic E-state index is 12.7. The first-order chi connectivity index (χ1) is 11.2. The average molecular weight is 314 g/mol. The lowest BCUT2D eigenvalue weighted by Gasteiger charge is -2.32. The topological polar surface area (TPSA) is 62.4 Å². The summed E-state index contributed by atoms with van der Waals surface area (Å²) in [6, 6.07) is 7.25. The first kappa shape index (κ1) is 15.7. The Morgan fingerprint density at radius 3 is 3.04 bits per heavy atom. The summed E-state index contributed by atoms with van der Waals surface area (Å²) in [7, 11) is 0. The number of nitrogens with zero attached hydrogens (tertiary/aromatic N) is 1. The molecule has 0 saturated carbocycles. The molecule has 1 aromatic carbocycles. The van der Waals surface area contributed by atoms with E-state index in [9.17, 15) is 9.59 Å². The fourth-order valence-electron chi connectivity index (χ4n) is 3.04. The second kappa shape index (κ2) is 6.96. The van der Waals surface area contributed by atoms with E-state index in [0.717, 1.165) is 24.8 Å². The van der Waals surface area contributed by atoms with Crippen LogP contribution in [0.15, 0.2) is 35.3 Å². The number of likely N-dealkylation sites (tertiary alicyclic amines) is 1. The number of rotatable bonds is 4. The highest BCUT2D eigenvalue weighted by atomic mass is 16.5. The normalized spacial score (nSPS) is 18.3. The number of hydrogen-bond acceptors (Lipinski definition) is 3. The van der Waals surface area contributed by atoms with Crippen LogP contribution in [-0.4, -0.2) is 41.6 Å². The fourth-order valence-corrected chi connectivity index (χ4v) is 3.04. The van der Waals surface area contributed by atoms with Crippen molar-refractivity contribution in [3.8, 4) is 0 Å². The van der Waals surface area contributed by atoms with E-state index in [1.807, 2.05) is 12.1 Å². The molecular weight excluding hydrogens is 292 g/mol. The number of hydrogen-bond donors (Lipinski definition) is 1.